The highest BCUT2D eigenvalue weighted by Gasteiger charge is 2.55. The number of nitrogens with zero attached hydrogens (tertiary/aromatic N) is 3. The van der Waals surface area contributed by atoms with Crippen molar-refractivity contribution in [2.24, 2.45) is 23.2 Å². The lowest BCUT2D eigenvalue weighted by Crippen LogP contribution is -2.58. The summed E-state index contributed by atoms with van der Waals surface area (Å²) in [7, 11) is 0. The number of oxazole rings is 1. The van der Waals surface area contributed by atoms with Crippen molar-refractivity contribution in [1.82, 2.24) is 14.4 Å². The van der Waals surface area contributed by atoms with Crippen LogP contribution in [0, 0.1) is 23.2 Å². The molecule has 0 N–H and O–H groups in total. The van der Waals surface area contributed by atoms with Crippen LogP contribution in [0.4, 0.5) is 0 Å². The molecule has 0 radical (unpaired) electrons. The Labute approximate surface area is 183 Å². The van der Waals surface area contributed by atoms with E-state index < -0.39 is 0 Å². The van der Waals surface area contributed by atoms with Crippen LogP contribution in [0.1, 0.15) is 44.9 Å². The maximum Gasteiger partial charge on any atom is 0.419 e. The molecular weight excluding hydrogens is 390 g/mol. The number of rotatable bonds is 5. The molecule has 6 heteroatoms. The molecule has 1 aromatic carbocycles. The highest BCUT2D eigenvalue weighted by molar-refractivity contribution is 5.83. The van der Waals surface area contributed by atoms with Crippen molar-refractivity contribution in [3.05, 3.63) is 34.8 Å². The number of para-hydroxylation sites is 2. The number of aromatic nitrogens is 1. The topological polar surface area (TPSA) is 58.7 Å². The van der Waals surface area contributed by atoms with Crippen molar-refractivity contribution >= 4 is 17.0 Å². The fraction of sp³-hybridized carbons (Fsp3) is 0.680. The molecule has 1 aliphatic heterocycles. The second-order valence-electron chi connectivity index (χ2n) is 10.7. The van der Waals surface area contributed by atoms with Gasteiger partial charge in [-0.25, -0.2) is 4.79 Å². The van der Waals surface area contributed by atoms with Crippen LogP contribution in [0.5, 0.6) is 0 Å². The summed E-state index contributed by atoms with van der Waals surface area (Å²) in [5, 5.41) is 0. The molecule has 1 saturated heterocycles. The highest BCUT2D eigenvalue weighted by Crippen LogP contribution is 2.60. The Morgan fingerprint density at radius 3 is 2.26 bits per heavy atom. The van der Waals surface area contributed by atoms with Gasteiger partial charge in [-0.2, -0.15) is 0 Å². The SMILES string of the molecule is O=C(N1CCN(CCCn2c(=O)oc3ccccc32)CC1)C12CC3CC(CC(C3)C1)C2. The minimum atomic E-state index is -0.271. The molecule has 0 unspecified atom stereocenters. The molecule has 6 nitrogen and oxygen atoms in total. The summed E-state index contributed by atoms with van der Waals surface area (Å²) in [6.07, 6.45) is 8.54. The third-order valence-electron chi connectivity index (χ3n) is 8.58. The summed E-state index contributed by atoms with van der Waals surface area (Å²) < 4.78 is 7.07. The monoisotopic (exact) mass is 423 g/mol. The second-order valence-corrected chi connectivity index (χ2v) is 10.7. The molecule has 166 valence electrons. The normalized spacial score (nSPS) is 32.8. The number of hydrogen-bond donors (Lipinski definition) is 0. The van der Waals surface area contributed by atoms with Crippen LogP contribution in [0.15, 0.2) is 33.5 Å². The standard InChI is InChI=1S/C25H33N3O3/c29-23(25-15-18-12-19(16-25)14-20(13-18)17-25)27-10-8-26(9-11-27)6-3-7-28-21-4-1-2-5-22(21)31-24(28)30/h1-2,4-5,18-20H,3,6-17H2. The fourth-order valence-corrected chi connectivity index (χ4v) is 7.56. The van der Waals surface area contributed by atoms with E-state index in [1.165, 1.54) is 19.3 Å². The number of fused-ring (bicyclic) bond motifs is 1. The van der Waals surface area contributed by atoms with Gasteiger partial charge in [0.2, 0.25) is 5.91 Å². The van der Waals surface area contributed by atoms with Crippen LogP contribution in [-0.2, 0) is 11.3 Å². The van der Waals surface area contributed by atoms with Gasteiger partial charge in [-0.1, -0.05) is 12.1 Å². The van der Waals surface area contributed by atoms with E-state index in [-0.39, 0.29) is 11.2 Å². The van der Waals surface area contributed by atoms with Gasteiger partial charge in [0.05, 0.1) is 10.9 Å². The van der Waals surface area contributed by atoms with E-state index >= 15 is 0 Å². The van der Waals surface area contributed by atoms with Gasteiger partial charge in [-0.15, -0.1) is 0 Å². The van der Waals surface area contributed by atoms with Gasteiger partial charge in [0.25, 0.3) is 0 Å². The summed E-state index contributed by atoms with van der Waals surface area (Å²) in [6.45, 7) is 5.22. The summed E-state index contributed by atoms with van der Waals surface area (Å²) >= 11 is 0. The molecular formula is C25H33N3O3. The van der Waals surface area contributed by atoms with Crippen LogP contribution in [0.25, 0.3) is 11.1 Å². The van der Waals surface area contributed by atoms with Crippen LogP contribution < -0.4 is 5.76 Å². The van der Waals surface area contributed by atoms with E-state index in [0.29, 0.717) is 18.0 Å². The van der Waals surface area contributed by atoms with Gasteiger partial charge in [-0.05, 0) is 81.4 Å². The number of aryl methyl sites for hydroxylation is 1. The van der Waals surface area contributed by atoms with E-state index in [9.17, 15) is 9.59 Å². The van der Waals surface area contributed by atoms with E-state index in [1.54, 1.807) is 4.57 Å². The lowest BCUT2D eigenvalue weighted by atomic mass is 9.49. The van der Waals surface area contributed by atoms with Crippen LogP contribution in [0.3, 0.4) is 0 Å². The van der Waals surface area contributed by atoms with Crippen molar-refractivity contribution in [1.29, 1.82) is 0 Å². The van der Waals surface area contributed by atoms with Crippen LogP contribution in [0.2, 0.25) is 0 Å². The van der Waals surface area contributed by atoms with Gasteiger partial charge in [-0.3, -0.25) is 14.3 Å². The maximum atomic E-state index is 13.5. The van der Waals surface area contributed by atoms with E-state index in [1.807, 2.05) is 24.3 Å². The number of hydrogen-bond acceptors (Lipinski definition) is 4. The zero-order valence-corrected chi connectivity index (χ0v) is 18.3. The van der Waals surface area contributed by atoms with Crippen molar-refractivity contribution in [2.75, 3.05) is 32.7 Å². The largest absolute Gasteiger partial charge is 0.419 e. The number of piperazine rings is 1. The van der Waals surface area contributed by atoms with Gasteiger partial charge in [0.1, 0.15) is 0 Å². The Kier molecular flexibility index (Phi) is 4.74. The zero-order chi connectivity index (χ0) is 21.0. The number of amides is 1. The van der Waals surface area contributed by atoms with E-state index in [4.69, 9.17) is 4.42 Å². The third-order valence-corrected chi connectivity index (χ3v) is 8.58. The lowest BCUT2D eigenvalue weighted by molar-refractivity contribution is -0.159. The Balaban J connectivity index is 1.03. The Morgan fingerprint density at radius 2 is 1.58 bits per heavy atom. The van der Waals surface area contributed by atoms with Gasteiger partial charge in [0, 0.05) is 32.7 Å². The Bertz CT molecular complexity index is 995. The van der Waals surface area contributed by atoms with Crippen LogP contribution >= 0.6 is 0 Å². The molecule has 1 amide bonds. The first-order valence-electron chi connectivity index (χ1n) is 12.2. The van der Waals surface area contributed by atoms with Gasteiger partial charge in [0.15, 0.2) is 5.58 Å². The summed E-state index contributed by atoms with van der Waals surface area (Å²) in [6, 6.07) is 7.61. The molecule has 4 saturated carbocycles. The first-order valence-corrected chi connectivity index (χ1v) is 12.2. The minimum Gasteiger partial charge on any atom is -0.408 e. The molecule has 2 heterocycles. The van der Waals surface area contributed by atoms with Crippen LogP contribution in [-0.4, -0.2) is 53.0 Å². The molecule has 5 aliphatic rings. The second kappa shape index (κ2) is 7.51. The molecule has 7 rings (SSSR count). The average Bonchev–Trinajstić information content (AvgIpc) is 3.08. The summed E-state index contributed by atoms with van der Waals surface area (Å²) in [5.41, 5.74) is 1.52. The molecule has 31 heavy (non-hydrogen) atoms. The van der Waals surface area contributed by atoms with Gasteiger partial charge < -0.3 is 9.32 Å². The number of carbonyl (C=O) groups excluding carboxylic acids is 1. The predicted octanol–water partition coefficient (Wildman–Crippen LogP) is 3.35. The quantitative estimate of drug-likeness (QED) is 0.740. The van der Waals surface area contributed by atoms with E-state index in [2.05, 4.69) is 9.80 Å². The van der Waals surface area contributed by atoms with Crippen molar-refractivity contribution < 1.29 is 9.21 Å². The Morgan fingerprint density at radius 1 is 0.935 bits per heavy atom. The predicted molar refractivity (Wildman–Crippen MR) is 119 cm³/mol. The first kappa shape index (κ1) is 19.6. The lowest BCUT2D eigenvalue weighted by Gasteiger charge is -2.57. The summed E-state index contributed by atoms with van der Waals surface area (Å²) in [5.74, 6) is 2.66. The zero-order valence-electron chi connectivity index (χ0n) is 18.3. The fourth-order valence-electron chi connectivity index (χ4n) is 7.56. The molecule has 5 fully saturated rings. The highest BCUT2D eigenvalue weighted by atomic mass is 16.4. The van der Waals surface area contributed by atoms with Crippen molar-refractivity contribution in [2.45, 2.75) is 51.5 Å². The molecule has 1 aromatic heterocycles. The molecule has 4 bridgehead atoms. The summed E-state index contributed by atoms with van der Waals surface area (Å²) in [4.78, 5) is 30.3. The number of carbonyl (C=O) groups is 1. The number of benzene rings is 1. The average molecular weight is 424 g/mol. The molecule has 4 aliphatic carbocycles. The molecule has 0 spiro atoms. The Hall–Kier alpha value is -2.08. The molecule has 0 atom stereocenters. The van der Waals surface area contributed by atoms with E-state index in [0.717, 1.165) is 81.7 Å². The third kappa shape index (κ3) is 3.43. The smallest absolute Gasteiger partial charge is 0.408 e. The first-order chi connectivity index (χ1) is 15.1. The van der Waals surface area contributed by atoms with Crippen molar-refractivity contribution in [3.8, 4) is 0 Å². The minimum absolute atomic E-state index is 0.0135. The maximum absolute atomic E-state index is 13.5. The van der Waals surface area contributed by atoms with Crippen molar-refractivity contribution in [3.63, 3.8) is 0 Å². The van der Waals surface area contributed by atoms with Gasteiger partial charge >= 0.3 is 5.76 Å². The molecule has 2 aromatic rings.